The molecular formula is C24H34N2O3. The van der Waals surface area contributed by atoms with Crippen LogP contribution in [0.1, 0.15) is 18.1 Å². The van der Waals surface area contributed by atoms with E-state index in [1.807, 2.05) is 12.1 Å². The number of rotatable bonds is 11. The summed E-state index contributed by atoms with van der Waals surface area (Å²) >= 11 is 0. The second-order valence-electron chi connectivity index (χ2n) is 7.64. The lowest BCUT2D eigenvalue weighted by atomic mass is 10.2. The van der Waals surface area contributed by atoms with Crippen molar-refractivity contribution in [1.29, 1.82) is 0 Å². The zero-order chi connectivity index (χ0) is 20.3. The molecule has 1 aliphatic heterocycles. The van der Waals surface area contributed by atoms with Gasteiger partial charge < -0.3 is 14.6 Å². The van der Waals surface area contributed by atoms with E-state index in [-0.39, 0.29) is 0 Å². The molecule has 0 saturated carbocycles. The van der Waals surface area contributed by atoms with E-state index in [4.69, 9.17) is 9.47 Å². The van der Waals surface area contributed by atoms with E-state index >= 15 is 0 Å². The highest BCUT2D eigenvalue weighted by Crippen LogP contribution is 2.12. The Morgan fingerprint density at radius 2 is 1.55 bits per heavy atom. The molecule has 1 unspecified atom stereocenters. The number of ether oxygens (including phenoxy) is 2. The normalized spacial score (nSPS) is 16.6. The van der Waals surface area contributed by atoms with Crippen molar-refractivity contribution in [3.05, 3.63) is 65.7 Å². The third kappa shape index (κ3) is 7.78. The lowest BCUT2D eigenvalue weighted by Crippen LogP contribution is -2.48. The molecule has 1 saturated heterocycles. The summed E-state index contributed by atoms with van der Waals surface area (Å²) in [6.45, 7) is 9.18. The van der Waals surface area contributed by atoms with Crippen LogP contribution in [0.4, 0.5) is 0 Å². The summed E-state index contributed by atoms with van der Waals surface area (Å²) in [6.07, 6.45) is 0.572. The summed E-state index contributed by atoms with van der Waals surface area (Å²) in [5.74, 6) is 0.861. The van der Waals surface area contributed by atoms with E-state index in [1.165, 1.54) is 11.1 Å². The summed E-state index contributed by atoms with van der Waals surface area (Å²) in [6, 6.07) is 18.7. The molecule has 0 aromatic heterocycles. The Labute approximate surface area is 174 Å². The van der Waals surface area contributed by atoms with Crippen LogP contribution in [0.15, 0.2) is 54.6 Å². The van der Waals surface area contributed by atoms with Gasteiger partial charge in [0.15, 0.2) is 0 Å². The highest BCUT2D eigenvalue weighted by Gasteiger charge is 2.19. The van der Waals surface area contributed by atoms with Crippen molar-refractivity contribution < 1.29 is 14.6 Å². The predicted molar refractivity (Wildman–Crippen MR) is 116 cm³/mol. The Kier molecular flexibility index (Phi) is 8.96. The molecule has 2 aromatic carbocycles. The highest BCUT2D eigenvalue weighted by molar-refractivity contribution is 5.27. The molecule has 0 amide bonds. The fraction of sp³-hybridized carbons (Fsp3) is 0.500. The lowest BCUT2D eigenvalue weighted by Gasteiger charge is -2.35. The molecule has 0 spiro atoms. The molecule has 3 rings (SSSR count). The van der Waals surface area contributed by atoms with Crippen LogP contribution in [0, 0.1) is 0 Å². The molecule has 1 aliphatic rings. The van der Waals surface area contributed by atoms with Gasteiger partial charge >= 0.3 is 0 Å². The van der Waals surface area contributed by atoms with Crippen LogP contribution in [0.2, 0.25) is 0 Å². The largest absolute Gasteiger partial charge is 0.491 e. The fourth-order valence-electron chi connectivity index (χ4n) is 3.58. The van der Waals surface area contributed by atoms with E-state index in [9.17, 15) is 5.11 Å². The average molecular weight is 399 g/mol. The Hall–Kier alpha value is -1.92. The molecule has 0 aliphatic carbocycles. The molecule has 1 atom stereocenters. The average Bonchev–Trinajstić information content (AvgIpc) is 2.76. The Balaban J connectivity index is 1.24. The topological polar surface area (TPSA) is 45.2 Å². The van der Waals surface area contributed by atoms with Crippen molar-refractivity contribution in [2.75, 3.05) is 52.5 Å². The molecule has 1 fully saturated rings. The summed E-state index contributed by atoms with van der Waals surface area (Å²) in [7, 11) is 0. The maximum Gasteiger partial charge on any atom is 0.119 e. The zero-order valence-corrected chi connectivity index (χ0v) is 17.5. The number of aliphatic hydroxyl groups excluding tert-OH is 1. The maximum absolute atomic E-state index is 10.3. The van der Waals surface area contributed by atoms with E-state index in [0.29, 0.717) is 26.4 Å². The minimum atomic E-state index is -0.459. The van der Waals surface area contributed by atoms with Crippen molar-refractivity contribution in [2.45, 2.75) is 26.0 Å². The molecule has 1 heterocycles. The third-order valence-electron chi connectivity index (χ3n) is 5.32. The quantitative estimate of drug-likeness (QED) is 0.590. The summed E-state index contributed by atoms with van der Waals surface area (Å²) in [5, 5.41) is 10.3. The first kappa shape index (κ1) is 21.8. The van der Waals surface area contributed by atoms with Crippen LogP contribution in [-0.4, -0.2) is 73.6 Å². The van der Waals surface area contributed by atoms with E-state index < -0.39 is 6.10 Å². The van der Waals surface area contributed by atoms with Gasteiger partial charge in [-0.25, -0.2) is 0 Å². The van der Waals surface area contributed by atoms with Gasteiger partial charge in [0.2, 0.25) is 0 Å². The van der Waals surface area contributed by atoms with Crippen LogP contribution in [0.25, 0.3) is 0 Å². The van der Waals surface area contributed by atoms with Gasteiger partial charge in [0.1, 0.15) is 12.4 Å². The van der Waals surface area contributed by atoms with Gasteiger partial charge in [-0.2, -0.15) is 0 Å². The van der Waals surface area contributed by atoms with Crippen LogP contribution < -0.4 is 4.74 Å². The Morgan fingerprint density at radius 1 is 0.862 bits per heavy atom. The van der Waals surface area contributed by atoms with Crippen LogP contribution in [0.5, 0.6) is 5.75 Å². The minimum Gasteiger partial charge on any atom is -0.491 e. The van der Waals surface area contributed by atoms with Gasteiger partial charge in [-0.1, -0.05) is 49.4 Å². The third-order valence-corrected chi connectivity index (χ3v) is 5.32. The SMILES string of the molecule is CCc1ccc(OCCOCC(O)CN2CCN(Cc3ccccc3)CC2)cc1. The second-order valence-corrected chi connectivity index (χ2v) is 7.64. The number of β-amino-alcohol motifs (C(OH)–C–C–N with tert-alkyl or cyclic N) is 1. The standard InChI is InChI=1S/C24H34N2O3/c1-2-21-8-10-24(11-9-21)29-17-16-28-20-23(27)19-26-14-12-25(13-15-26)18-22-6-4-3-5-7-22/h3-11,23,27H,2,12-20H2,1H3. The number of hydrogen-bond acceptors (Lipinski definition) is 5. The molecule has 5 nitrogen and oxygen atoms in total. The van der Waals surface area contributed by atoms with Gasteiger partial charge in [-0.15, -0.1) is 0 Å². The van der Waals surface area contributed by atoms with Crippen molar-refractivity contribution >= 4 is 0 Å². The van der Waals surface area contributed by atoms with Crippen molar-refractivity contribution in [2.24, 2.45) is 0 Å². The number of hydrogen-bond donors (Lipinski definition) is 1. The molecule has 2 aromatic rings. The zero-order valence-electron chi connectivity index (χ0n) is 17.5. The van der Waals surface area contributed by atoms with Crippen molar-refractivity contribution in [3.63, 3.8) is 0 Å². The number of aryl methyl sites for hydroxylation is 1. The molecule has 29 heavy (non-hydrogen) atoms. The number of benzene rings is 2. The Bertz CT molecular complexity index is 685. The summed E-state index contributed by atoms with van der Waals surface area (Å²) in [4.78, 5) is 4.79. The minimum absolute atomic E-state index is 0.350. The first-order valence-corrected chi connectivity index (χ1v) is 10.7. The van der Waals surface area contributed by atoms with Gasteiger partial charge in [0.05, 0.1) is 19.3 Å². The summed E-state index contributed by atoms with van der Waals surface area (Å²) < 4.78 is 11.3. The Morgan fingerprint density at radius 3 is 2.24 bits per heavy atom. The molecule has 0 radical (unpaired) electrons. The molecule has 1 N–H and O–H groups in total. The molecular weight excluding hydrogens is 364 g/mol. The van der Waals surface area contributed by atoms with Crippen LogP contribution in [-0.2, 0) is 17.7 Å². The van der Waals surface area contributed by atoms with Gasteiger partial charge in [-0.05, 0) is 29.7 Å². The van der Waals surface area contributed by atoms with E-state index in [1.54, 1.807) is 0 Å². The predicted octanol–water partition coefficient (Wildman–Crippen LogP) is 2.82. The molecule has 0 bridgehead atoms. The van der Waals surface area contributed by atoms with Gasteiger partial charge in [0.25, 0.3) is 0 Å². The van der Waals surface area contributed by atoms with Crippen LogP contribution in [0.3, 0.4) is 0 Å². The number of nitrogens with zero attached hydrogens (tertiary/aromatic N) is 2. The first-order chi connectivity index (χ1) is 14.2. The highest BCUT2D eigenvalue weighted by atomic mass is 16.5. The van der Waals surface area contributed by atoms with Crippen molar-refractivity contribution in [3.8, 4) is 5.75 Å². The molecule has 158 valence electrons. The van der Waals surface area contributed by atoms with Gasteiger partial charge in [0, 0.05) is 39.3 Å². The van der Waals surface area contributed by atoms with E-state index in [0.717, 1.165) is 44.9 Å². The number of piperazine rings is 1. The number of aliphatic hydroxyl groups is 1. The van der Waals surface area contributed by atoms with E-state index in [2.05, 4.69) is 59.2 Å². The monoisotopic (exact) mass is 398 g/mol. The first-order valence-electron chi connectivity index (χ1n) is 10.7. The smallest absolute Gasteiger partial charge is 0.119 e. The van der Waals surface area contributed by atoms with Crippen molar-refractivity contribution in [1.82, 2.24) is 9.80 Å². The van der Waals surface area contributed by atoms with Gasteiger partial charge in [-0.3, -0.25) is 9.80 Å². The second kappa shape index (κ2) is 11.9. The lowest BCUT2D eigenvalue weighted by molar-refractivity contribution is -0.000436. The maximum atomic E-state index is 10.3. The fourth-order valence-corrected chi connectivity index (χ4v) is 3.58. The van der Waals surface area contributed by atoms with Crippen LogP contribution >= 0.6 is 0 Å². The molecule has 5 heteroatoms. The summed E-state index contributed by atoms with van der Waals surface area (Å²) in [5.41, 5.74) is 2.66.